The highest BCUT2D eigenvalue weighted by atomic mass is 16.5. The van der Waals surface area contributed by atoms with Gasteiger partial charge in [0, 0.05) is 41.8 Å². The van der Waals surface area contributed by atoms with Gasteiger partial charge in [0.1, 0.15) is 11.6 Å². The number of nitrogens with zero attached hydrogens (tertiary/aromatic N) is 3. The van der Waals surface area contributed by atoms with Crippen molar-refractivity contribution in [3.05, 3.63) is 65.4 Å². The lowest BCUT2D eigenvalue weighted by Crippen LogP contribution is -2.27. The van der Waals surface area contributed by atoms with E-state index < -0.39 is 0 Å². The fourth-order valence-corrected chi connectivity index (χ4v) is 4.87. The number of benzene rings is 2. The number of nitrogens with one attached hydrogen (secondary N) is 1. The van der Waals surface area contributed by atoms with Crippen LogP contribution >= 0.6 is 0 Å². The number of hydrogen-bond donors (Lipinski definition) is 1. The van der Waals surface area contributed by atoms with Crippen LogP contribution in [0.2, 0.25) is 0 Å². The molecule has 1 aromatic heterocycles. The molecule has 0 saturated carbocycles. The number of fused-ring (bicyclic) bond motifs is 1. The largest absolute Gasteiger partial charge is 0.497 e. The van der Waals surface area contributed by atoms with Gasteiger partial charge in [0.2, 0.25) is 0 Å². The molecule has 0 spiro atoms. The topological polar surface area (TPSA) is 57.7 Å². The van der Waals surface area contributed by atoms with E-state index in [1.165, 1.54) is 11.1 Å². The molecular formula is C26H28N4O2. The zero-order valence-electron chi connectivity index (χ0n) is 19.0. The SMILES string of the molecule is COc1ccc(N2c3nc(C)cc(-c4cccc(N5CCNC5=O)c4)c3CC2C)c(C)c1. The lowest BCUT2D eigenvalue weighted by Gasteiger charge is -2.26. The molecule has 0 aliphatic carbocycles. The molecule has 2 aliphatic rings. The monoisotopic (exact) mass is 428 g/mol. The van der Waals surface area contributed by atoms with Gasteiger partial charge in [0.25, 0.3) is 0 Å². The summed E-state index contributed by atoms with van der Waals surface area (Å²) >= 11 is 0. The van der Waals surface area contributed by atoms with E-state index in [4.69, 9.17) is 9.72 Å². The molecule has 1 saturated heterocycles. The molecule has 2 amide bonds. The first kappa shape index (κ1) is 20.4. The summed E-state index contributed by atoms with van der Waals surface area (Å²) in [7, 11) is 1.69. The summed E-state index contributed by atoms with van der Waals surface area (Å²) in [4.78, 5) is 21.3. The molecule has 0 bridgehead atoms. The second-order valence-corrected chi connectivity index (χ2v) is 8.62. The van der Waals surface area contributed by atoms with Crippen molar-refractivity contribution in [3.63, 3.8) is 0 Å². The molecule has 6 heteroatoms. The Labute approximate surface area is 188 Å². The summed E-state index contributed by atoms with van der Waals surface area (Å²) in [6.07, 6.45) is 0.915. The van der Waals surface area contributed by atoms with E-state index in [1.54, 1.807) is 12.0 Å². The van der Waals surface area contributed by atoms with Crippen LogP contribution in [-0.2, 0) is 6.42 Å². The van der Waals surface area contributed by atoms with Gasteiger partial charge in [-0.2, -0.15) is 0 Å². The van der Waals surface area contributed by atoms with Crippen LogP contribution in [0.25, 0.3) is 11.1 Å². The Balaban J connectivity index is 1.60. The Morgan fingerprint density at radius 3 is 2.69 bits per heavy atom. The molecule has 0 radical (unpaired) electrons. The molecule has 32 heavy (non-hydrogen) atoms. The molecule has 1 N–H and O–H groups in total. The lowest BCUT2D eigenvalue weighted by atomic mass is 9.97. The fourth-order valence-electron chi connectivity index (χ4n) is 4.87. The van der Waals surface area contributed by atoms with Gasteiger partial charge in [-0.3, -0.25) is 4.90 Å². The van der Waals surface area contributed by atoms with Crippen molar-refractivity contribution in [1.82, 2.24) is 10.3 Å². The maximum absolute atomic E-state index is 12.2. The van der Waals surface area contributed by atoms with Gasteiger partial charge in [-0.25, -0.2) is 9.78 Å². The number of pyridine rings is 1. The predicted molar refractivity (Wildman–Crippen MR) is 128 cm³/mol. The Morgan fingerprint density at radius 2 is 1.97 bits per heavy atom. The number of rotatable bonds is 4. The summed E-state index contributed by atoms with van der Waals surface area (Å²) in [5.74, 6) is 1.88. The maximum Gasteiger partial charge on any atom is 0.321 e. The third kappa shape index (κ3) is 3.36. The maximum atomic E-state index is 12.2. The Morgan fingerprint density at radius 1 is 1.12 bits per heavy atom. The lowest BCUT2D eigenvalue weighted by molar-refractivity contribution is 0.252. The molecule has 6 nitrogen and oxygen atoms in total. The molecule has 2 aliphatic heterocycles. The molecule has 1 fully saturated rings. The first-order valence-corrected chi connectivity index (χ1v) is 11.1. The predicted octanol–water partition coefficient (Wildman–Crippen LogP) is 4.99. The number of anilines is 3. The molecular weight excluding hydrogens is 400 g/mol. The van der Waals surface area contributed by atoms with E-state index in [0.717, 1.165) is 46.2 Å². The van der Waals surface area contributed by atoms with E-state index >= 15 is 0 Å². The Kier molecular flexibility index (Phi) is 5.00. The van der Waals surface area contributed by atoms with E-state index in [2.05, 4.69) is 54.4 Å². The summed E-state index contributed by atoms with van der Waals surface area (Å²) < 4.78 is 5.40. The van der Waals surface area contributed by atoms with Crippen LogP contribution < -0.4 is 19.9 Å². The molecule has 3 aromatic rings. The van der Waals surface area contributed by atoms with Crippen molar-refractivity contribution in [3.8, 4) is 16.9 Å². The van der Waals surface area contributed by atoms with Gasteiger partial charge in [-0.1, -0.05) is 12.1 Å². The molecule has 1 atom stereocenters. The van der Waals surface area contributed by atoms with Gasteiger partial charge in [0.05, 0.1) is 7.11 Å². The highest BCUT2D eigenvalue weighted by molar-refractivity contribution is 5.95. The van der Waals surface area contributed by atoms with Crippen LogP contribution in [-0.4, -0.2) is 37.3 Å². The van der Waals surface area contributed by atoms with E-state index in [1.807, 2.05) is 25.1 Å². The first-order valence-electron chi connectivity index (χ1n) is 11.1. The molecule has 2 aromatic carbocycles. The second-order valence-electron chi connectivity index (χ2n) is 8.62. The number of carbonyl (C=O) groups excluding carboxylic acids is 1. The van der Waals surface area contributed by atoms with Crippen molar-refractivity contribution >= 4 is 23.2 Å². The van der Waals surface area contributed by atoms with E-state index in [-0.39, 0.29) is 12.1 Å². The van der Waals surface area contributed by atoms with Gasteiger partial charge >= 0.3 is 6.03 Å². The number of methoxy groups -OCH3 is 1. The smallest absolute Gasteiger partial charge is 0.321 e. The van der Waals surface area contributed by atoms with Crippen molar-refractivity contribution in [2.75, 3.05) is 30.0 Å². The number of ether oxygens (including phenoxy) is 1. The van der Waals surface area contributed by atoms with Crippen LogP contribution in [0, 0.1) is 13.8 Å². The van der Waals surface area contributed by atoms with Crippen LogP contribution in [0.5, 0.6) is 5.75 Å². The van der Waals surface area contributed by atoms with Crippen LogP contribution in [0.4, 0.5) is 22.0 Å². The normalized spacial score (nSPS) is 17.5. The highest BCUT2D eigenvalue weighted by Crippen LogP contribution is 2.44. The minimum atomic E-state index is -0.0342. The molecule has 5 rings (SSSR count). The number of hydrogen-bond acceptors (Lipinski definition) is 4. The quantitative estimate of drug-likeness (QED) is 0.636. The first-order chi connectivity index (χ1) is 15.5. The number of aryl methyl sites for hydroxylation is 2. The third-order valence-corrected chi connectivity index (χ3v) is 6.39. The summed E-state index contributed by atoms with van der Waals surface area (Å²) in [6.45, 7) is 7.78. The van der Waals surface area contributed by atoms with E-state index in [0.29, 0.717) is 13.1 Å². The van der Waals surface area contributed by atoms with Gasteiger partial charge in [-0.15, -0.1) is 0 Å². The minimum Gasteiger partial charge on any atom is -0.497 e. The molecule has 1 unspecified atom stereocenters. The molecule has 3 heterocycles. The van der Waals surface area contributed by atoms with Gasteiger partial charge < -0.3 is 15.0 Å². The average molecular weight is 429 g/mol. The number of urea groups is 1. The van der Waals surface area contributed by atoms with Crippen LogP contribution in [0.1, 0.15) is 23.7 Å². The van der Waals surface area contributed by atoms with Crippen molar-refractivity contribution in [2.24, 2.45) is 0 Å². The minimum absolute atomic E-state index is 0.0342. The number of amides is 2. The van der Waals surface area contributed by atoms with E-state index in [9.17, 15) is 4.79 Å². The van der Waals surface area contributed by atoms with Crippen LogP contribution in [0.15, 0.2) is 48.5 Å². The highest BCUT2D eigenvalue weighted by Gasteiger charge is 2.32. The second kappa shape index (κ2) is 7.86. The zero-order chi connectivity index (χ0) is 22.4. The fraction of sp³-hybridized carbons (Fsp3) is 0.308. The summed E-state index contributed by atoms with van der Waals surface area (Å²) in [6, 6.07) is 16.9. The van der Waals surface area contributed by atoms with Crippen LogP contribution in [0.3, 0.4) is 0 Å². The average Bonchev–Trinajstić information content (AvgIpc) is 3.35. The van der Waals surface area contributed by atoms with Gasteiger partial charge in [-0.05, 0) is 80.3 Å². The summed E-state index contributed by atoms with van der Waals surface area (Å²) in [5, 5.41) is 2.88. The Bertz CT molecular complexity index is 1210. The number of carbonyl (C=O) groups is 1. The Hall–Kier alpha value is -3.54. The number of aromatic nitrogens is 1. The van der Waals surface area contributed by atoms with Crippen molar-refractivity contribution in [2.45, 2.75) is 33.2 Å². The summed E-state index contributed by atoms with van der Waals surface area (Å²) in [5.41, 5.74) is 7.78. The molecule has 164 valence electrons. The zero-order valence-corrected chi connectivity index (χ0v) is 19.0. The standard InChI is InChI=1S/C26H28N4O2/c1-16-12-21(32-4)8-9-24(16)30-18(3)14-23-22(13-17(2)28-25(23)30)19-6-5-7-20(15-19)29-11-10-27-26(29)31/h5-9,12-13,15,18H,10-11,14H2,1-4H3,(H,27,31). The van der Waals surface area contributed by atoms with Gasteiger partial charge in [0.15, 0.2) is 0 Å². The third-order valence-electron chi connectivity index (χ3n) is 6.39. The van der Waals surface area contributed by atoms with Crippen molar-refractivity contribution in [1.29, 1.82) is 0 Å². The van der Waals surface area contributed by atoms with Crippen molar-refractivity contribution < 1.29 is 9.53 Å².